The Bertz CT molecular complexity index is 545. The molecule has 4 nitrogen and oxygen atoms in total. The van der Waals surface area contributed by atoms with Crippen molar-refractivity contribution in [3.05, 3.63) is 33.8 Å². The van der Waals surface area contributed by atoms with Crippen molar-refractivity contribution in [2.75, 3.05) is 26.2 Å². The van der Waals surface area contributed by atoms with Crippen molar-refractivity contribution in [1.82, 2.24) is 9.80 Å². The number of nitrogens with zero attached hydrogens (tertiary/aromatic N) is 2. The van der Waals surface area contributed by atoms with E-state index in [4.69, 9.17) is 0 Å². The third-order valence-corrected chi connectivity index (χ3v) is 4.73. The van der Waals surface area contributed by atoms with Gasteiger partial charge >= 0.3 is 0 Å². The smallest absolute Gasteiger partial charge is 0.253 e. The van der Waals surface area contributed by atoms with Crippen LogP contribution in [0.1, 0.15) is 35.7 Å². The number of aryl methyl sites for hydroxylation is 1. The Balaban J connectivity index is 2.06. The average Bonchev–Trinajstić information content (AvgIpc) is 2.74. The first kappa shape index (κ1) is 16.0. The maximum absolute atomic E-state index is 12.6. The lowest BCUT2D eigenvalue weighted by Gasteiger charge is -2.22. The summed E-state index contributed by atoms with van der Waals surface area (Å²) in [5.41, 5.74) is 1.77. The second kappa shape index (κ2) is 7.07. The van der Waals surface area contributed by atoms with Crippen molar-refractivity contribution in [3.8, 4) is 0 Å². The summed E-state index contributed by atoms with van der Waals surface area (Å²) in [7, 11) is 0. The van der Waals surface area contributed by atoms with E-state index in [1.165, 1.54) is 0 Å². The standard InChI is InChI=1S/C16H21BrN2O2/c1-3-15(20)18-7-4-8-19(10-9-18)16(21)13-5-6-14(17)12(2)11-13/h5-6,11H,3-4,7-10H2,1-2H3. The lowest BCUT2D eigenvalue weighted by atomic mass is 10.1. The zero-order chi connectivity index (χ0) is 15.4. The number of hydrogen-bond acceptors (Lipinski definition) is 2. The molecule has 21 heavy (non-hydrogen) atoms. The molecule has 2 rings (SSSR count). The fourth-order valence-electron chi connectivity index (χ4n) is 2.55. The van der Waals surface area contributed by atoms with Gasteiger partial charge in [-0.1, -0.05) is 22.9 Å². The molecule has 1 aliphatic heterocycles. The zero-order valence-corrected chi connectivity index (χ0v) is 14.1. The summed E-state index contributed by atoms with van der Waals surface area (Å²) in [4.78, 5) is 28.0. The van der Waals surface area contributed by atoms with Gasteiger partial charge in [0.2, 0.25) is 5.91 Å². The van der Waals surface area contributed by atoms with Crippen LogP contribution in [0.3, 0.4) is 0 Å². The first-order chi connectivity index (χ1) is 10.0. The van der Waals surface area contributed by atoms with Gasteiger partial charge in [0, 0.05) is 42.6 Å². The fraction of sp³-hybridized carbons (Fsp3) is 0.500. The summed E-state index contributed by atoms with van der Waals surface area (Å²) < 4.78 is 1.01. The highest BCUT2D eigenvalue weighted by Crippen LogP contribution is 2.18. The third kappa shape index (κ3) is 3.84. The molecule has 114 valence electrons. The molecule has 0 aromatic heterocycles. The van der Waals surface area contributed by atoms with E-state index in [-0.39, 0.29) is 11.8 Å². The molecule has 2 amide bonds. The van der Waals surface area contributed by atoms with Crippen molar-refractivity contribution in [2.24, 2.45) is 0 Å². The molecule has 0 N–H and O–H groups in total. The second-order valence-corrected chi connectivity index (χ2v) is 6.20. The molecule has 0 radical (unpaired) electrons. The molecule has 0 unspecified atom stereocenters. The normalized spacial score (nSPS) is 15.8. The van der Waals surface area contributed by atoms with E-state index in [2.05, 4.69) is 15.9 Å². The number of benzene rings is 1. The number of rotatable bonds is 2. The van der Waals surface area contributed by atoms with Gasteiger partial charge in [0.25, 0.3) is 5.91 Å². The number of hydrogen-bond donors (Lipinski definition) is 0. The van der Waals surface area contributed by atoms with Crippen LogP contribution < -0.4 is 0 Å². The van der Waals surface area contributed by atoms with Crippen molar-refractivity contribution in [1.29, 1.82) is 0 Å². The Morgan fingerprint density at radius 2 is 1.81 bits per heavy atom. The van der Waals surface area contributed by atoms with Crippen LogP contribution in [0, 0.1) is 6.92 Å². The van der Waals surface area contributed by atoms with E-state index >= 15 is 0 Å². The topological polar surface area (TPSA) is 40.6 Å². The maximum Gasteiger partial charge on any atom is 0.253 e. The highest BCUT2D eigenvalue weighted by atomic mass is 79.9. The molecule has 0 atom stereocenters. The van der Waals surface area contributed by atoms with E-state index in [9.17, 15) is 9.59 Å². The highest BCUT2D eigenvalue weighted by molar-refractivity contribution is 9.10. The lowest BCUT2D eigenvalue weighted by Crippen LogP contribution is -2.37. The van der Waals surface area contributed by atoms with Gasteiger partial charge in [-0.15, -0.1) is 0 Å². The van der Waals surface area contributed by atoms with Gasteiger partial charge in [-0.25, -0.2) is 0 Å². The Morgan fingerprint density at radius 1 is 1.14 bits per heavy atom. The minimum atomic E-state index is 0.0522. The van der Waals surface area contributed by atoms with E-state index in [1.54, 1.807) is 0 Å². The molecule has 1 heterocycles. The second-order valence-electron chi connectivity index (χ2n) is 5.34. The van der Waals surface area contributed by atoms with Gasteiger partial charge in [-0.2, -0.15) is 0 Å². The average molecular weight is 353 g/mol. The minimum Gasteiger partial charge on any atom is -0.341 e. The monoisotopic (exact) mass is 352 g/mol. The minimum absolute atomic E-state index is 0.0522. The largest absolute Gasteiger partial charge is 0.341 e. The van der Waals surface area contributed by atoms with Gasteiger partial charge in [-0.3, -0.25) is 9.59 Å². The SMILES string of the molecule is CCC(=O)N1CCCN(C(=O)c2ccc(Br)c(C)c2)CC1. The summed E-state index contributed by atoms with van der Waals surface area (Å²) in [6, 6.07) is 5.67. The van der Waals surface area contributed by atoms with Crippen molar-refractivity contribution in [3.63, 3.8) is 0 Å². The Morgan fingerprint density at radius 3 is 2.48 bits per heavy atom. The van der Waals surface area contributed by atoms with Gasteiger partial charge in [0.15, 0.2) is 0 Å². The van der Waals surface area contributed by atoms with Gasteiger partial charge in [0.05, 0.1) is 0 Å². The number of carbonyl (C=O) groups excluding carboxylic acids is 2. The van der Waals surface area contributed by atoms with E-state index in [0.717, 1.165) is 23.0 Å². The highest BCUT2D eigenvalue weighted by Gasteiger charge is 2.22. The molecular weight excluding hydrogens is 332 g/mol. The van der Waals surface area contributed by atoms with Gasteiger partial charge < -0.3 is 9.80 Å². The van der Waals surface area contributed by atoms with E-state index < -0.39 is 0 Å². The lowest BCUT2D eigenvalue weighted by molar-refractivity contribution is -0.130. The maximum atomic E-state index is 12.6. The number of halogens is 1. The summed E-state index contributed by atoms with van der Waals surface area (Å²) in [5, 5.41) is 0. The summed E-state index contributed by atoms with van der Waals surface area (Å²) in [6.07, 6.45) is 1.37. The zero-order valence-electron chi connectivity index (χ0n) is 12.6. The molecule has 1 fully saturated rings. The fourth-order valence-corrected chi connectivity index (χ4v) is 2.80. The van der Waals surface area contributed by atoms with Crippen LogP contribution in [0.2, 0.25) is 0 Å². The van der Waals surface area contributed by atoms with Crippen molar-refractivity contribution >= 4 is 27.7 Å². The van der Waals surface area contributed by atoms with Crippen LogP contribution in [0.4, 0.5) is 0 Å². The summed E-state index contributed by atoms with van der Waals surface area (Å²) in [5.74, 6) is 0.222. The number of amides is 2. The van der Waals surface area contributed by atoms with Crippen LogP contribution in [-0.2, 0) is 4.79 Å². The Labute approximate surface area is 134 Å². The molecule has 0 aliphatic carbocycles. The molecule has 1 aromatic carbocycles. The summed E-state index contributed by atoms with van der Waals surface area (Å²) in [6.45, 7) is 6.55. The Hall–Kier alpha value is -1.36. The Kier molecular flexibility index (Phi) is 5.39. The first-order valence-electron chi connectivity index (χ1n) is 7.36. The van der Waals surface area contributed by atoms with E-state index in [1.807, 2.05) is 41.8 Å². The van der Waals surface area contributed by atoms with Crippen LogP contribution >= 0.6 is 15.9 Å². The molecule has 1 aliphatic rings. The molecule has 0 spiro atoms. The van der Waals surface area contributed by atoms with Gasteiger partial charge in [-0.05, 0) is 37.1 Å². The van der Waals surface area contributed by atoms with E-state index in [0.29, 0.717) is 31.6 Å². The first-order valence-corrected chi connectivity index (χ1v) is 8.15. The van der Waals surface area contributed by atoms with Crippen LogP contribution in [0.25, 0.3) is 0 Å². The van der Waals surface area contributed by atoms with Crippen LogP contribution in [0.15, 0.2) is 22.7 Å². The molecule has 5 heteroatoms. The predicted molar refractivity (Wildman–Crippen MR) is 86.3 cm³/mol. The molecule has 0 bridgehead atoms. The predicted octanol–water partition coefficient (Wildman–Crippen LogP) is 2.84. The third-order valence-electron chi connectivity index (χ3n) is 3.84. The molecular formula is C16H21BrN2O2. The van der Waals surface area contributed by atoms with Crippen molar-refractivity contribution < 1.29 is 9.59 Å². The molecule has 1 aromatic rings. The van der Waals surface area contributed by atoms with Crippen LogP contribution in [-0.4, -0.2) is 47.8 Å². The molecule has 0 saturated carbocycles. The summed E-state index contributed by atoms with van der Waals surface area (Å²) >= 11 is 3.45. The molecule has 1 saturated heterocycles. The van der Waals surface area contributed by atoms with Crippen LogP contribution in [0.5, 0.6) is 0 Å². The number of carbonyl (C=O) groups is 2. The van der Waals surface area contributed by atoms with Gasteiger partial charge in [0.1, 0.15) is 0 Å². The van der Waals surface area contributed by atoms with Crippen molar-refractivity contribution in [2.45, 2.75) is 26.7 Å². The quantitative estimate of drug-likeness (QED) is 0.820.